The van der Waals surface area contributed by atoms with Gasteiger partial charge in [-0.25, -0.2) is 4.98 Å². The summed E-state index contributed by atoms with van der Waals surface area (Å²) in [6, 6.07) is 20.0. The quantitative estimate of drug-likeness (QED) is 0.484. The Balaban J connectivity index is 1.59. The second-order valence-corrected chi connectivity index (χ2v) is 8.23. The fourth-order valence-corrected chi connectivity index (χ4v) is 4.44. The highest BCUT2D eigenvalue weighted by Gasteiger charge is 2.19. The lowest BCUT2D eigenvalue weighted by Crippen LogP contribution is -2.35. The largest absolute Gasteiger partial charge is 0.496 e. The van der Waals surface area contributed by atoms with E-state index in [1.807, 2.05) is 48.7 Å². The maximum absolute atomic E-state index is 9.85. The van der Waals surface area contributed by atoms with Crippen LogP contribution in [-0.2, 0) is 11.3 Å². The number of nitrogens with zero attached hydrogens (tertiary/aromatic N) is 4. The van der Waals surface area contributed by atoms with Crippen molar-refractivity contribution >= 4 is 16.7 Å². The Morgan fingerprint density at radius 3 is 2.74 bits per heavy atom. The minimum absolute atomic E-state index is 0.196. The number of aromatic nitrogens is 2. The molecule has 1 aliphatic heterocycles. The highest BCUT2D eigenvalue weighted by Crippen LogP contribution is 2.39. The molecular formula is C27H25N5O2. The molecule has 4 aromatic rings. The highest BCUT2D eigenvalue weighted by molar-refractivity contribution is 6.02. The van der Waals surface area contributed by atoms with Gasteiger partial charge in [-0.1, -0.05) is 30.3 Å². The van der Waals surface area contributed by atoms with Gasteiger partial charge in [0.15, 0.2) is 0 Å². The molecule has 3 heterocycles. The standard InChI is InChI=1S/C27H25N5O2/c1-33-25-5-3-2-4-21(25)26-20-7-6-19(15-24(20)31-27(29)22(26)16-28)23-14-18(8-9-30-23)17-32-10-12-34-13-11-32/h2-9,14-15H,10-13,17H2,1H3,(H2,29,31). The molecule has 7 nitrogen and oxygen atoms in total. The van der Waals surface area contributed by atoms with Crippen LogP contribution in [0.2, 0.25) is 0 Å². The van der Waals surface area contributed by atoms with Gasteiger partial charge in [-0.2, -0.15) is 5.26 Å². The van der Waals surface area contributed by atoms with E-state index in [2.05, 4.69) is 33.1 Å². The van der Waals surface area contributed by atoms with Crippen molar-refractivity contribution in [2.24, 2.45) is 0 Å². The van der Waals surface area contributed by atoms with Crippen LogP contribution in [0.25, 0.3) is 33.3 Å². The van der Waals surface area contributed by atoms with Gasteiger partial charge in [-0.3, -0.25) is 9.88 Å². The molecule has 0 aliphatic carbocycles. The van der Waals surface area contributed by atoms with Gasteiger partial charge in [0.2, 0.25) is 0 Å². The summed E-state index contributed by atoms with van der Waals surface area (Å²) in [5, 5.41) is 10.7. The summed E-state index contributed by atoms with van der Waals surface area (Å²) < 4.78 is 11.0. The fourth-order valence-electron chi connectivity index (χ4n) is 4.44. The van der Waals surface area contributed by atoms with Crippen LogP contribution < -0.4 is 10.5 Å². The third-order valence-corrected chi connectivity index (χ3v) is 6.13. The molecule has 170 valence electrons. The van der Waals surface area contributed by atoms with Gasteiger partial charge in [0.05, 0.1) is 31.5 Å². The predicted octanol–water partition coefficient (Wildman–Crippen LogP) is 4.26. The summed E-state index contributed by atoms with van der Waals surface area (Å²) >= 11 is 0. The van der Waals surface area contributed by atoms with Crippen molar-refractivity contribution in [3.8, 4) is 34.2 Å². The van der Waals surface area contributed by atoms with E-state index in [0.29, 0.717) is 16.8 Å². The van der Waals surface area contributed by atoms with E-state index in [-0.39, 0.29) is 5.82 Å². The average Bonchev–Trinajstić information content (AvgIpc) is 2.88. The van der Waals surface area contributed by atoms with E-state index >= 15 is 0 Å². The number of anilines is 1. The van der Waals surface area contributed by atoms with Gasteiger partial charge in [0.25, 0.3) is 0 Å². The Morgan fingerprint density at radius 2 is 1.94 bits per heavy atom. The maximum Gasteiger partial charge on any atom is 0.142 e. The van der Waals surface area contributed by atoms with Crippen LogP contribution in [0.4, 0.5) is 5.82 Å². The molecule has 0 saturated carbocycles. The molecule has 0 atom stereocenters. The van der Waals surface area contributed by atoms with E-state index in [4.69, 9.17) is 15.2 Å². The van der Waals surface area contributed by atoms with Crippen LogP contribution in [0.1, 0.15) is 11.1 Å². The van der Waals surface area contributed by atoms with Crippen LogP contribution >= 0.6 is 0 Å². The topological polar surface area (TPSA) is 97.3 Å². The number of benzene rings is 2. The molecule has 2 aromatic carbocycles. The first kappa shape index (κ1) is 21.8. The molecule has 34 heavy (non-hydrogen) atoms. The minimum Gasteiger partial charge on any atom is -0.496 e. The number of pyridine rings is 2. The highest BCUT2D eigenvalue weighted by atomic mass is 16.5. The summed E-state index contributed by atoms with van der Waals surface area (Å²) in [5.41, 5.74) is 11.8. The van der Waals surface area contributed by atoms with Crippen molar-refractivity contribution in [1.82, 2.24) is 14.9 Å². The second kappa shape index (κ2) is 9.48. The molecule has 2 aromatic heterocycles. The Hall–Kier alpha value is -3.99. The van der Waals surface area contributed by atoms with Crippen molar-refractivity contribution in [2.75, 3.05) is 39.1 Å². The van der Waals surface area contributed by atoms with Crippen LogP contribution in [0.15, 0.2) is 60.8 Å². The first-order valence-electron chi connectivity index (χ1n) is 11.2. The smallest absolute Gasteiger partial charge is 0.142 e. The van der Waals surface area contributed by atoms with Crippen molar-refractivity contribution in [2.45, 2.75) is 6.54 Å². The molecule has 0 spiro atoms. The summed E-state index contributed by atoms with van der Waals surface area (Å²) in [6.07, 6.45) is 1.84. The van der Waals surface area contributed by atoms with Crippen LogP contribution in [-0.4, -0.2) is 48.3 Å². The number of morpholine rings is 1. The van der Waals surface area contributed by atoms with Crippen LogP contribution in [0.5, 0.6) is 5.75 Å². The lowest BCUT2D eigenvalue weighted by molar-refractivity contribution is 0.0342. The normalized spacial score (nSPS) is 14.1. The molecule has 5 rings (SSSR count). The zero-order valence-electron chi connectivity index (χ0n) is 19.0. The van der Waals surface area contributed by atoms with Crippen molar-refractivity contribution in [3.05, 3.63) is 71.9 Å². The molecule has 0 radical (unpaired) electrons. The molecule has 2 N–H and O–H groups in total. The zero-order valence-corrected chi connectivity index (χ0v) is 19.0. The SMILES string of the molecule is COc1ccccc1-c1c(C#N)c(N)nc2cc(-c3cc(CN4CCOCC4)ccn3)ccc12. The van der Waals surface area contributed by atoms with Gasteiger partial charge < -0.3 is 15.2 Å². The number of hydrogen-bond donors (Lipinski definition) is 1. The third-order valence-electron chi connectivity index (χ3n) is 6.13. The second-order valence-electron chi connectivity index (χ2n) is 8.23. The maximum atomic E-state index is 9.85. The van der Waals surface area contributed by atoms with Gasteiger partial charge in [0, 0.05) is 47.9 Å². The number of fused-ring (bicyclic) bond motifs is 1. The van der Waals surface area contributed by atoms with Crippen molar-refractivity contribution in [1.29, 1.82) is 5.26 Å². The molecule has 1 fully saturated rings. The number of ether oxygens (including phenoxy) is 2. The van der Waals surface area contributed by atoms with Crippen molar-refractivity contribution < 1.29 is 9.47 Å². The molecule has 1 aliphatic rings. The van der Waals surface area contributed by atoms with Crippen LogP contribution in [0, 0.1) is 11.3 Å². The Kier molecular flexibility index (Phi) is 6.09. The third kappa shape index (κ3) is 4.17. The Morgan fingerprint density at radius 1 is 1.12 bits per heavy atom. The summed E-state index contributed by atoms with van der Waals surface area (Å²) in [6.45, 7) is 4.28. The monoisotopic (exact) mass is 451 g/mol. The van der Waals surface area contributed by atoms with E-state index < -0.39 is 0 Å². The molecular weight excluding hydrogens is 426 g/mol. The predicted molar refractivity (Wildman–Crippen MR) is 132 cm³/mol. The molecule has 0 amide bonds. The van der Waals surface area contributed by atoms with E-state index in [1.165, 1.54) is 5.56 Å². The van der Waals surface area contributed by atoms with E-state index in [1.54, 1.807) is 7.11 Å². The van der Waals surface area contributed by atoms with Crippen LogP contribution in [0.3, 0.4) is 0 Å². The number of nitriles is 1. The molecule has 0 unspecified atom stereocenters. The minimum atomic E-state index is 0.196. The van der Waals surface area contributed by atoms with Gasteiger partial charge in [-0.15, -0.1) is 0 Å². The lowest BCUT2D eigenvalue weighted by atomic mass is 9.94. The van der Waals surface area contributed by atoms with Crippen molar-refractivity contribution in [3.63, 3.8) is 0 Å². The molecule has 7 heteroatoms. The first-order valence-corrected chi connectivity index (χ1v) is 11.2. The lowest BCUT2D eigenvalue weighted by Gasteiger charge is -2.26. The average molecular weight is 452 g/mol. The number of nitrogens with two attached hydrogens (primary N) is 1. The van der Waals surface area contributed by atoms with E-state index in [0.717, 1.165) is 60.6 Å². The van der Waals surface area contributed by atoms with Gasteiger partial charge in [0.1, 0.15) is 23.2 Å². The molecule has 1 saturated heterocycles. The van der Waals surface area contributed by atoms with E-state index in [9.17, 15) is 5.26 Å². The Labute approximate surface area is 198 Å². The Bertz CT molecular complexity index is 1390. The number of methoxy groups -OCH3 is 1. The molecule has 0 bridgehead atoms. The number of nitrogen functional groups attached to an aromatic ring is 1. The zero-order chi connectivity index (χ0) is 23.5. The fraction of sp³-hybridized carbons (Fsp3) is 0.222. The summed E-state index contributed by atoms with van der Waals surface area (Å²) in [7, 11) is 1.62. The number of para-hydroxylation sites is 1. The number of rotatable bonds is 5. The number of hydrogen-bond acceptors (Lipinski definition) is 7. The first-order chi connectivity index (χ1) is 16.7. The van der Waals surface area contributed by atoms with Gasteiger partial charge in [-0.05, 0) is 29.8 Å². The summed E-state index contributed by atoms with van der Waals surface area (Å²) in [5.74, 6) is 0.870. The summed E-state index contributed by atoms with van der Waals surface area (Å²) in [4.78, 5) is 11.5. The van der Waals surface area contributed by atoms with Gasteiger partial charge >= 0.3 is 0 Å².